The van der Waals surface area contributed by atoms with Crippen molar-refractivity contribution in [3.63, 3.8) is 0 Å². The summed E-state index contributed by atoms with van der Waals surface area (Å²) in [6.45, 7) is 2.53. The molecule has 91 valence electrons. The molecule has 0 nitrogen and oxygen atoms in total. The topological polar surface area (TPSA) is 0 Å². The summed E-state index contributed by atoms with van der Waals surface area (Å²) in [5, 5.41) is 0.695. The van der Waals surface area contributed by atoms with Crippen LogP contribution in [0, 0.1) is 11.8 Å². The Morgan fingerprint density at radius 3 is 2.31 bits per heavy atom. The van der Waals surface area contributed by atoms with Crippen LogP contribution in [0.5, 0.6) is 0 Å². The van der Waals surface area contributed by atoms with Gasteiger partial charge in [-0.05, 0) is 11.8 Å². The lowest BCUT2D eigenvalue weighted by atomic mass is 9.31. The molecule has 2 bridgehead atoms. The molecule has 0 aromatic carbocycles. The van der Waals surface area contributed by atoms with Gasteiger partial charge in [0.1, 0.15) is 7.28 Å². The molecule has 0 N–H and O–H groups in total. The smallest absolute Gasteiger partial charge is 0.0682 e. The molecule has 2 aliphatic heterocycles. The van der Waals surface area contributed by atoms with Crippen LogP contribution in [0.1, 0.15) is 72.6 Å². The molecular weight excluding hydrogens is 191 g/mol. The lowest BCUT2D eigenvalue weighted by molar-refractivity contribution is 0.147. The van der Waals surface area contributed by atoms with E-state index in [0.29, 0.717) is 5.31 Å². The quantitative estimate of drug-likeness (QED) is 0.539. The predicted molar refractivity (Wildman–Crippen MR) is 73.1 cm³/mol. The molecule has 1 aliphatic carbocycles. The third-order valence-corrected chi connectivity index (χ3v) is 5.85. The van der Waals surface area contributed by atoms with Crippen molar-refractivity contribution in [2.24, 2.45) is 11.8 Å². The second-order valence-electron chi connectivity index (χ2n) is 6.81. The molecule has 0 aromatic heterocycles. The average molecular weight is 219 g/mol. The van der Waals surface area contributed by atoms with Crippen molar-refractivity contribution in [1.82, 2.24) is 0 Å². The molecular formula is C15H28B. The first-order valence-corrected chi connectivity index (χ1v) is 7.66. The zero-order chi connectivity index (χ0) is 11.0. The SMILES string of the molecule is CC1CCCCC1C12[B]C(CCC1)CCC2.[HH]. The van der Waals surface area contributed by atoms with Gasteiger partial charge in [-0.15, -0.1) is 0 Å². The minimum Gasteiger partial charge on any atom is -0.0682 e. The van der Waals surface area contributed by atoms with E-state index in [0.717, 1.165) is 17.7 Å². The van der Waals surface area contributed by atoms with Crippen LogP contribution in [-0.2, 0) is 0 Å². The predicted octanol–water partition coefficient (Wildman–Crippen LogP) is 5.08. The Kier molecular flexibility index (Phi) is 3.06. The summed E-state index contributed by atoms with van der Waals surface area (Å²) in [6.07, 6.45) is 15.1. The molecule has 2 atom stereocenters. The molecule has 1 radical (unpaired) electrons. The molecule has 0 amide bonds. The van der Waals surface area contributed by atoms with Crippen molar-refractivity contribution >= 4 is 7.28 Å². The first-order chi connectivity index (χ1) is 7.80. The van der Waals surface area contributed by atoms with Crippen molar-refractivity contribution < 1.29 is 1.43 Å². The molecule has 2 unspecified atom stereocenters. The van der Waals surface area contributed by atoms with E-state index < -0.39 is 0 Å². The Hall–Kier alpha value is 0.0649. The zero-order valence-corrected chi connectivity index (χ0v) is 10.9. The monoisotopic (exact) mass is 219 g/mol. The largest absolute Gasteiger partial charge is 0.122 e. The first-order valence-electron chi connectivity index (χ1n) is 7.66. The highest BCUT2D eigenvalue weighted by Crippen LogP contribution is 2.60. The lowest BCUT2D eigenvalue weighted by Crippen LogP contribution is -2.41. The van der Waals surface area contributed by atoms with Gasteiger partial charge < -0.3 is 0 Å². The van der Waals surface area contributed by atoms with Crippen LogP contribution in [-0.4, -0.2) is 7.28 Å². The van der Waals surface area contributed by atoms with Gasteiger partial charge in [0.2, 0.25) is 0 Å². The summed E-state index contributed by atoms with van der Waals surface area (Å²) in [6, 6.07) is 0. The zero-order valence-electron chi connectivity index (χ0n) is 10.9. The maximum Gasteiger partial charge on any atom is 0.122 e. The van der Waals surface area contributed by atoms with Gasteiger partial charge in [-0.3, -0.25) is 0 Å². The van der Waals surface area contributed by atoms with Crippen molar-refractivity contribution in [2.75, 3.05) is 0 Å². The Labute approximate surface area is 103 Å². The fourth-order valence-electron chi connectivity index (χ4n) is 5.12. The van der Waals surface area contributed by atoms with E-state index in [2.05, 4.69) is 14.2 Å². The van der Waals surface area contributed by atoms with Crippen molar-refractivity contribution in [1.29, 1.82) is 0 Å². The van der Waals surface area contributed by atoms with Gasteiger partial charge in [-0.25, -0.2) is 0 Å². The summed E-state index contributed by atoms with van der Waals surface area (Å²) in [5.74, 6) is 3.04. The molecule has 1 heteroatoms. The summed E-state index contributed by atoms with van der Waals surface area (Å²) >= 11 is 0. The van der Waals surface area contributed by atoms with Gasteiger partial charge in [0.25, 0.3) is 0 Å². The van der Waals surface area contributed by atoms with E-state index in [4.69, 9.17) is 0 Å². The fraction of sp³-hybridized carbons (Fsp3) is 1.00. The molecule has 3 aliphatic rings. The molecule has 0 spiro atoms. The van der Waals surface area contributed by atoms with Crippen LogP contribution >= 0.6 is 0 Å². The van der Waals surface area contributed by atoms with Crippen molar-refractivity contribution in [3.05, 3.63) is 0 Å². The number of hydrogen-bond donors (Lipinski definition) is 0. The molecule has 0 aromatic rings. The van der Waals surface area contributed by atoms with Crippen molar-refractivity contribution in [2.45, 2.75) is 82.3 Å². The maximum atomic E-state index is 2.84. The van der Waals surface area contributed by atoms with Crippen LogP contribution < -0.4 is 0 Å². The third-order valence-electron chi connectivity index (χ3n) is 5.85. The van der Waals surface area contributed by atoms with Crippen molar-refractivity contribution in [3.8, 4) is 0 Å². The normalized spacial score (nSPS) is 48.4. The van der Waals surface area contributed by atoms with Gasteiger partial charge in [-0.2, -0.15) is 0 Å². The van der Waals surface area contributed by atoms with Gasteiger partial charge in [0, 0.05) is 1.43 Å². The second kappa shape index (κ2) is 4.39. The van der Waals surface area contributed by atoms with Crippen LogP contribution in [0.2, 0.25) is 11.1 Å². The van der Waals surface area contributed by atoms with E-state index in [1.54, 1.807) is 0 Å². The average Bonchev–Trinajstić information content (AvgIpc) is 2.29. The number of hydrogen-bond acceptors (Lipinski definition) is 0. The van der Waals surface area contributed by atoms with Gasteiger partial charge in [0.15, 0.2) is 0 Å². The summed E-state index contributed by atoms with van der Waals surface area (Å²) in [5.41, 5.74) is 0. The Morgan fingerprint density at radius 2 is 1.62 bits per heavy atom. The van der Waals surface area contributed by atoms with Gasteiger partial charge in [0.05, 0.1) is 0 Å². The molecule has 3 rings (SSSR count). The van der Waals surface area contributed by atoms with E-state index in [-0.39, 0.29) is 1.43 Å². The van der Waals surface area contributed by atoms with Crippen LogP contribution in [0.25, 0.3) is 0 Å². The van der Waals surface area contributed by atoms with Crippen LogP contribution in [0.4, 0.5) is 0 Å². The van der Waals surface area contributed by atoms with Crippen LogP contribution in [0.3, 0.4) is 0 Å². The minimum absolute atomic E-state index is 0. The molecule has 2 heterocycles. The highest BCUT2D eigenvalue weighted by molar-refractivity contribution is 6.42. The highest BCUT2D eigenvalue weighted by atomic mass is 14.4. The number of rotatable bonds is 1. The Bertz CT molecular complexity index is 243. The first kappa shape index (κ1) is 11.2. The second-order valence-corrected chi connectivity index (χ2v) is 6.81. The number of fused-ring (bicyclic) bond motifs is 2. The molecule has 16 heavy (non-hydrogen) atoms. The van der Waals surface area contributed by atoms with E-state index >= 15 is 0 Å². The maximum absolute atomic E-state index is 2.84. The lowest BCUT2D eigenvalue weighted by Gasteiger charge is -2.53. The summed E-state index contributed by atoms with van der Waals surface area (Å²) in [4.78, 5) is 0. The highest BCUT2D eigenvalue weighted by Gasteiger charge is 2.46. The fourth-order valence-corrected chi connectivity index (χ4v) is 5.12. The third kappa shape index (κ3) is 1.85. The summed E-state index contributed by atoms with van der Waals surface area (Å²) < 4.78 is 0. The standard InChI is InChI=1S/C15H26B.H2/c1-12-6-2-3-9-14(12)15-10-4-7-13(16-15)8-5-11-15;/h12-14H,2-11H2,1H3;1H. The van der Waals surface area contributed by atoms with Gasteiger partial charge >= 0.3 is 0 Å². The summed E-state index contributed by atoms with van der Waals surface area (Å²) in [7, 11) is 2.84. The van der Waals surface area contributed by atoms with E-state index in [1.807, 2.05) is 0 Å². The van der Waals surface area contributed by atoms with Gasteiger partial charge in [-0.1, -0.05) is 82.3 Å². The van der Waals surface area contributed by atoms with E-state index in [9.17, 15) is 0 Å². The Morgan fingerprint density at radius 1 is 0.938 bits per heavy atom. The molecule has 2 saturated heterocycles. The van der Waals surface area contributed by atoms with E-state index in [1.165, 1.54) is 64.2 Å². The minimum atomic E-state index is 0. The Balaban J connectivity index is 0.00000108. The van der Waals surface area contributed by atoms with Crippen LogP contribution in [0.15, 0.2) is 0 Å². The molecule has 3 fully saturated rings. The molecule has 1 saturated carbocycles.